The van der Waals surface area contributed by atoms with Crippen molar-refractivity contribution in [3.63, 3.8) is 0 Å². The van der Waals surface area contributed by atoms with Crippen LogP contribution in [0.4, 0.5) is 0 Å². The Bertz CT molecular complexity index is 566. The van der Waals surface area contributed by atoms with Crippen molar-refractivity contribution >= 4 is 33.5 Å². The zero-order valence-corrected chi connectivity index (χ0v) is 11.4. The number of halogens is 1. The Morgan fingerprint density at radius 3 is 2.88 bits per heavy atom. The number of nitrogens with two attached hydrogens (primary N) is 1. The van der Waals surface area contributed by atoms with Crippen LogP contribution >= 0.6 is 27.7 Å². The van der Waals surface area contributed by atoms with Gasteiger partial charge in [-0.3, -0.25) is 5.41 Å². The van der Waals surface area contributed by atoms with E-state index < -0.39 is 0 Å². The summed E-state index contributed by atoms with van der Waals surface area (Å²) in [4.78, 5) is 0.886. The lowest BCUT2D eigenvalue weighted by Gasteiger charge is -2.07. The van der Waals surface area contributed by atoms with Gasteiger partial charge in [-0.1, -0.05) is 15.9 Å². The van der Waals surface area contributed by atoms with Crippen LogP contribution in [0.5, 0.6) is 0 Å². The minimum atomic E-state index is 0.0379. The standard InChI is InChI=1S/C10H10BrN5S/c1-16-5-14-15-10(16)17-8-3-2-6(11)4-7(8)9(12)13/h2-5H,1H3,(H3,12,13). The summed E-state index contributed by atoms with van der Waals surface area (Å²) in [5.41, 5.74) is 6.24. The van der Waals surface area contributed by atoms with Crippen molar-refractivity contribution in [2.75, 3.05) is 0 Å². The molecule has 0 bridgehead atoms. The largest absolute Gasteiger partial charge is 0.384 e. The summed E-state index contributed by atoms with van der Waals surface area (Å²) in [7, 11) is 1.87. The van der Waals surface area contributed by atoms with E-state index in [1.165, 1.54) is 11.8 Å². The molecule has 0 radical (unpaired) electrons. The molecule has 2 rings (SSSR count). The van der Waals surface area contributed by atoms with Crippen LogP contribution in [0.3, 0.4) is 0 Å². The third-order valence-electron chi connectivity index (χ3n) is 2.10. The number of aryl methyl sites for hydroxylation is 1. The van der Waals surface area contributed by atoms with E-state index in [2.05, 4.69) is 26.1 Å². The van der Waals surface area contributed by atoms with E-state index in [1.54, 1.807) is 6.33 Å². The molecule has 0 unspecified atom stereocenters. The smallest absolute Gasteiger partial charge is 0.195 e. The van der Waals surface area contributed by atoms with Crippen molar-refractivity contribution < 1.29 is 0 Å². The van der Waals surface area contributed by atoms with Gasteiger partial charge in [0.25, 0.3) is 0 Å². The second-order valence-corrected chi connectivity index (χ2v) is 5.31. The van der Waals surface area contributed by atoms with Crippen LogP contribution in [0, 0.1) is 5.41 Å². The molecule has 2 aromatic rings. The van der Waals surface area contributed by atoms with E-state index in [0.29, 0.717) is 5.56 Å². The zero-order chi connectivity index (χ0) is 12.4. The summed E-state index contributed by atoms with van der Waals surface area (Å²) in [5.74, 6) is 0.0379. The van der Waals surface area contributed by atoms with Crippen molar-refractivity contribution in [2.45, 2.75) is 10.1 Å². The van der Waals surface area contributed by atoms with Gasteiger partial charge in [0, 0.05) is 22.0 Å². The Morgan fingerprint density at radius 1 is 1.53 bits per heavy atom. The van der Waals surface area contributed by atoms with Crippen LogP contribution in [0.2, 0.25) is 0 Å². The van der Waals surface area contributed by atoms with E-state index in [4.69, 9.17) is 11.1 Å². The summed E-state index contributed by atoms with van der Waals surface area (Å²) in [6, 6.07) is 5.63. The van der Waals surface area contributed by atoms with E-state index in [1.807, 2.05) is 29.8 Å². The van der Waals surface area contributed by atoms with E-state index in [-0.39, 0.29) is 5.84 Å². The molecule has 0 aliphatic rings. The number of hydrogen-bond acceptors (Lipinski definition) is 4. The molecule has 0 aliphatic carbocycles. The minimum Gasteiger partial charge on any atom is -0.384 e. The lowest BCUT2D eigenvalue weighted by atomic mass is 10.2. The van der Waals surface area contributed by atoms with Crippen LogP contribution < -0.4 is 5.73 Å². The number of nitrogen functional groups attached to an aromatic ring is 1. The highest BCUT2D eigenvalue weighted by Gasteiger charge is 2.10. The van der Waals surface area contributed by atoms with Crippen molar-refractivity contribution in [1.82, 2.24) is 14.8 Å². The van der Waals surface area contributed by atoms with Crippen molar-refractivity contribution in [2.24, 2.45) is 12.8 Å². The molecule has 1 aromatic heterocycles. The van der Waals surface area contributed by atoms with Gasteiger partial charge in [-0.2, -0.15) is 0 Å². The predicted octanol–water partition coefficient (Wildman–Crippen LogP) is 2.01. The summed E-state index contributed by atoms with van der Waals surface area (Å²) >= 11 is 4.79. The molecule has 0 fully saturated rings. The van der Waals surface area contributed by atoms with Gasteiger partial charge in [-0.15, -0.1) is 10.2 Å². The summed E-state index contributed by atoms with van der Waals surface area (Å²) in [6.45, 7) is 0. The fourth-order valence-electron chi connectivity index (χ4n) is 1.27. The monoisotopic (exact) mass is 311 g/mol. The second-order valence-electron chi connectivity index (χ2n) is 3.38. The third kappa shape index (κ3) is 2.67. The average molecular weight is 312 g/mol. The summed E-state index contributed by atoms with van der Waals surface area (Å²) in [5, 5.41) is 16.1. The second kappa shape index (κ2) is 4.89. The van der Waals surface area contributed by atoms with Crippen molar-refractivity contribution in [3.05, 3.63) is 34.6 Å². The maximum atomic E-state index is 7.56. The van der Waals surface area contributed by atoms with Gasteiger partial charge in [0.15, 0.2) is 5.16 Å². The summed E-state index contributed by atoms with van der Waals surface area (Å²) in [6.07, 6.45) is 1.63. The van der Waals surface area contributed by atoms with Gasteiger partial charge in [0.2, 0.25) is 0 Å². The highest BCUT2D eigenvalue weighted by atomic mass is 79.9. The highest BCUT2D eigenvalue weighted by Crippen LogP contribution is 2.30. The number of amidine groups is 1. The molecule has 0 atom stereocenters. The van der Waals surface area contributed by atoms with Gasteiger partial charge in [0.05, 0.1) is 0 Å². The quantitative estimate of drug-likeness (QED) is 0.671. The lowest BCUT2D eigenvalue weighted by molar-refractivity contribution is 0.788. The fourth-order valence-corrected chi connectivity index (χ4v) is 2.52. The zero-order valence-electron chi connectivity index (χ0n) is 9.01. The molecule has 0 spiro atoms. The summed E-state index contributed by atoms with van der Waals surface area (Å²) < 4.78 is 2.71. The van der Waals surface area contributed by atoms with E-state index >= 15 is 0 Å². The molecular formula is C10H10BrN5S. The van der Waals surface area contributed by atoms with Gasteiger partial charge in [-0.25, -0.2) is 0 Å². The molecule has 17 heavy (non-hydrogen) atoms. The first-order valence-corrected chi connectivity index (χ1v) is 6.34. The maximum Gasteiger partial charge on any atom is 0.195 e. The van der Waals surface area contributed by atoms with Crippen LogP contribution in [-0.4, -0.2) is 20.6 Å². The van der Waals surface area contributed by atoms with Gasteiger partial charge in [0.1, 0.15) is 12.2 Å². The molecule has 1 aromatic carbocycles. The number of nitrogens with zero attached hydrogens (tertiary/aromatic N) is 3. The van der Waals surface area contributed by atoms with Crippen LogP contribution in [0.25, 0.3) is 0 Å². The first kappa shape index (κ1) is 12.1. The van der Waals surface area contributed by atoms with Crippen LogP contribution in [-0.2, 0) is 7.05 Å². The minimum absolute atomic E-state index is 0.0379. The van der Waals surface area contributed by atoms with Gasteiger partial charge >= 0.3 is 0 Å². The SMILES string of the molecule is Cn1cnnc1Sc1ccc(Br)cc1C(=N)N. The molecule has 88 valence electrons. The first-order valence-electron chi connectivity index (χ1n) is 4.73. The Kier molecular flexibility index (Phi) is 3.49. The number of benzene rings is 1. The Hall–Kier alpha value is -1.34. The molecule has 3 N–H and O–H groups in total. The topological polar surface area (TPSA) is 80.6 Å². The highest BCUT2D eigenvalue weighted by molar-refractivity contribution is 9.10. The molecule has 0 aliphatic heterocycles. The van der Waals surface area contributed by atoms with Crippen molar-refractivity contribution in [1.29, 1.82) is 5.41 Å². The van der Waals surface area contributed by atoms with Crippen molar-refractivity contribution in [3.8, 4) is 0 Å². The fraction of sp³-hybridized carbons (Fsp3) is 0.100. The molecule has 0 saturated heterocycles. The van der Waals surface area contributed by atoms with Crippen LogP contribution in [0.1, 0.15) is 5.56 Å². The average Bonchev–Trinajstić information content (AvgIpc) is 2.67. The predicted molar refractivity (Wildman–Crippen MR) is 70.3 cm³/mol. The van der Waals surface area contributed by atoms with Gasteiger partial charge < -0.3 is 10.3 Å². The molecule has 5 nitrogen and oxygen atoms in total. The lowest BCUT2D eigenvalue weighted by Crippen LogP contribution is -2.12. The molecule has 0 saturated carbocycles. The Morgan fingerprint density at radius 2 is 2.29 bits per heavy atom. The number of hydrogen-bond donors (Lipinski definition) is 2. The maximum absolute atomic E-state index is 7.56. The Labute approximate surface area is 111 Å². The normalized spacial score (nSPS) is 10.5. The van der Waals surface area contributed by atoms with Crippen LogP contribution in [0.15, 0.2) is 39.1 Å². The van der Waals surface area contributed by atoms with Gasteiger partial charge in [-0.05, 0) is 30.0 Å². The molecule has 1 heterocycles. The number of nitrogens with one attached hydrogen (secondary N) is 1. The number of aromatic nitrogens is 3. The first-order chi connectivity index (χ1) is 8.08. The third-order valence-corrected chi connectivity index (χ3v) is 3.72. The molecule has 0 amide bonds. The Balaban J connectivity index is 2.39. The molecular weight excluding hydrogens is 302 g/mol. The van der Waals surface area contributed by atoms with E-state index in [9.17, 15) is 0 Å². The van der Waals surface area contributed by atoms with E-state index in [0.717, 1.165) is 14.5 Å². The molecule has 7 heteroatoms. The number of rotatable bonds is 3.